The van der Waals surface area contributed by atoms with Crippen molar-refractivity contribution in [3.63, 3.8) is 0 Å². The summed E-state index contributed by atoms with van der Waals surface area (Å²) in [7, 11) is 1.75. The second kappa shape index (κ2) is 8.98. The molecular weight excluding hydrogens is 234 g/mol. The van der Waals surface area contributed by atoms with Gasteiger partial charge >= 0.3 is 0 Å². The van der Waals surface area contributed by atoms with Crippen molar-refractivity contribution in [2.24, 2.45) is 0 Å². The van der Waals surface area contributed by atoms with E-state index in [0.717, 1.165) is 12.3 Å². The van der Waals surface area contributed by atoms with Crippen LogP contribution in [0.15, 0.2) is 18.2 Å². The Morgan fingerprint density at radius 3 is 2.58 bits per heavy atom. The van der Waals surface area contributed by atoms with Crippen LogP contribution >= 0.6 is 0 Å². The largest absolute Gasteiger partial charge is 0.496 e. The van der Waals surface area contributed by atoms with Gasteiger partial charge < -0.3 is 10.1 Å². The third-order valence-electron chi connectivity index (χ3n) is 3.57. The molecule has 0 amide bonds. The lowest BCUT2D eigenvalue weighted by molar-refractivity contribution is 0.408. The maximum absolute atomic E-state index is 5.44. The number of methoxy groups -OCH3 is 1. The van der Waals surface area contributed by atoms with E-state index >= 15 is 0 Å². The molecule has 0 aliphatic rings. The summed E-state index contributed by atoms with van der Waals surface area (Å²) < 4.78 is 5.44. The van der Waals surface area contributed by atoms with E-state index in [-0.39, 0.29) is 0 Å². The summed E-state index contributed by atoms with van der Waals surface area (Å²) >= 11 is 0. The van der Waals surface area contributed by atoms with Crippen LogP contribution in [-0.4, -0.2) is 13.7 Å². The maximum Gasteiger partial charge on any atom is 0.122 e. The molecule has 108 valence electrons. The van der Waals surface area contributed by atoms with Crippen molar-refractivity contribution in [3.8, 4) is 5.75 Å². The fraction of sp³-hybridized carbons (Fsp3) is 0.647. The van der Waals surface area contributed by atoms with Crippen molar-refractivity contribution in [1.82, 2.24) is 5.32 Å². The van der Waals surface area contributed by atoms with Crippen LogP contribution in [0.4, 0.5) is 0 Å². The molecule has 0 fully saturated rings. The Bertz CT molecular complexity index is 362. The summed E-state index contributed by atoms with van der Waals surface area (Å²) in [6, 6.07) is 7.04. The summed E-state index contributed by atoms with van der Waals surface area (Å²) in [4.78, 5) is 0. The molecule has 0 aromatic heterocycles. The van der Waals surface area contributed by atoms with Gasteiger partial charge in [-0.25, -0.2) is 0 Å². The monoisotopic (exact) mass is 263 g/mol. The van der Waals surface area contributed by atoms with Crippen LogP contribution in [0.1, 0.15) is 63.1 Å². The topological polar surface area (TPSA) is 21.3 Å². The van der Waals surface area contributed by atoms with Gasteiger partial charge in [0.1, 0.15) is 5.75 Å². The van der Waals surface area contributed by atoms with Gasteiger partial charge in [-0.2, -0.15) is 0 Å². The van der Waals surface area contributed by atoms with E-state index in [1.807, 2.05) is 0 Å². The van der Waals surface area contributed by atoms with Crippen LogP contribution < -0.4 is 10.1 Å². The van der Waals surface area contributed by atoms with E-state index in [9.17, 15) is 0 Å². The van der Waals surface area contributed by atoms with Gasteiger partial charge in [-0.15, -0.1) is 0 Å². The third-order valence-corrected chi connectivity index (χ3v) is 3.57. The Labute approximate surface area is 118 Å². The molecular formula is C17H29NO. The standard InChI is InChI=1S/C17H29NO/c1-5-7-8-9-16(18-12-6-2)15-11-10-14(3)17(13-15)19-4/h10-11,13,16,18H,5-9,12H2,1-4H3. The van der Waals surface area contributed by atoms with Crippen molar-refractivity contribution in [3.05, 3.63) is 29.3 Å². The minimum Gasteiger partial charge on any atom is -0.496 e. The molecule has 1 rings (SSSR count). The second-order valence-corrected chi connectivity index (χ2v) is 5.23. The Hall–Kier alpha value is -1.02. The summed E-state index contributed by atoms with van der Waals surface area (Å²) in [6.45, 7) is 7.64. The molecule has 0 heterocycles. The van der Waals surface area contributed by atoms with E-state index < -0.39 is 0 Å². The highest BCUT2D eigenvalue weighted by Gasteiger charge is 2.12. The number of aryl methyl sites for hydroxylation is 1. The molecule has 1 atom stereocenters. The molecule has 2 nitrogen and oxygen atoms in total. The minimum atomic E-state index is 0.459. The zero-order chi connectivity index (χ0) is 14.1. The SMILES string of the molecule is CCCCCC(NCCC)c1ccc(C)c(OC)c1. The normalized spacial score (nSPS) is 12.4. The number of hydrogen-bond acceptors (Lipinski definition) is 2. The Morgan fingerprint density at radius 2 is 1.95 bits per heavy atom. The molecule has 0 saturated heterocycles. The molecule has 19 heavy (non-hydrogen) atoms. The first-order valence-electron chi connectivity index (χ1n) is 7.60. The zero-order valence-electron chi connectivity index (χ0n) is 13.0. The smallest absolute Gasteiger partial charge is 0.122 e. The summed E-state index contributed by atoms with van der Waals surface area (Å²) in [5, 5.41) is 3.66. The molecule has 0 saturated carbocycles. The minimum absolute atomic E-state index is 0.459. The van der Waals surface area contributed by atoms with E-state index in [1.54, 1.807) is 7.11 Å². The first-order chi connectivity index (χ1) is 9.22. The number of hydrogen-bond donors (Lipinski definition) is 1. The Kier molecular flexibility index (Phi) is 7.57. The molecule has 1 aromatic carbocycles. The van der Waals surface area contributed by atoms with Crippen LogP contribution in [0.2, 0.25) is 0 Å². The number of benzene rings is 1. The lowest BCUT2D eigenvalue weighted by Gasteiger charge is -2.20. The van der Waals surface area contributed by atoms with Gasteiger partial charge in [0.15, 0.2) is 0 Å². The summed E-state index contributed by atoms with van der Waals surface area (Å²) in [6.07, 6.45) is 6.26. The molecule has 1 unspecified atom stereocenters. The van der Waals surface area contributed by atoms with Crippen molar-refractivity contribution in [1.29, 1.82) is 0 Å². The van der Waals surface area contributed by atoms with E-state index in [4.69, 9.17) is 4.74 Å². The average Bonchev–Trinajstić information content (AvgIpc) is 2.43. The van der Waals surface area contributed by atoms with E-state index in [0.29, 0.717) is 6.04 Å². The van der Waals surface area contributed by atoms with Gasteiger partial charge in [-0.1, -0.05) is 45.2 Å². The number of rotatable bonds is 9. The van der Waals surface area contributed by atoms with E-state index in [1.165, 1.54) is 43.2 Å². The van der Waals surface area contributed by atoms with Gasteiger partial charge in [0.25, 0.3) is 0 Å². The molecule has 0 aliphatic heterocycles. The molecule has 1 aromatic rings. The highest BCUT2D eigenvalue weighted by Crippen LogP contribution is 2.26. The van der Waals surface area contributed by atoms with Crippen LogP contribution in [0.25, 0.3) is 0 Å². The number of ether oxygens (including phenoxy) is 1. The second-order valence-electron chi connectivity index (χ2n) is 5.23. The summed E-state index contributed by atoms with van der Waals surface area (Å²) in [5.74, 6) is 0.997. The highest BCUT2D eigenvalue weighted by atomic mass is 16.5. The van der Waals surface area contributed by atoms with Gasteiger partial charge in [-0.05, 0) is 43.5 Å². The summed E-state index contributed by atoms with van der Waals surface area (Å²) in [5.41, 5.74) is 2.56. The van der Waals surface area contributed by atoms with Gasteiger partial charge in [0.2, 0.25) is 0 Å². The predicted molar refractivity (Wildman–Crippen MR) is 82.9 cm³/mol. The Morgan fingerprint density at radius 1 is 1.16 bits per heavy atom. The van der Waals surface area contributed by atoms with Crippen molar-refractivity contribution in [2.75, 3.05) is 13.7 Å². The fourth-order valence-electron chi connectivity index (χ4n) is 2.36. The molecule has 0 radical (unpaired) electrons. The van der Waals surface area contributed by atoms with Crippen molar-refractivity contribution < 1.29 is 4.74 Å². The fourth-order valence-corrected chi connectivity index (χ4v) is 2.36. The van der Waals surface area contributed by atoms with Crippen molar-refractivity contribution in [2.45, 2.75) is 58.9 Å². The first-order valence-corrected chi connectivity index (χ1v) is 7.60. The number of unbranched alkanes of at least 4 members (excludes halogenated alkanes) is 2. The highest BCUT2D eigenvalue weighted by molar-refractivity contribution is 5.37. The number of nitrogens with one attached hydrogen (secondary N) is 1. The molecule has 1 N–H and O–H groups in total. The van der Waals surface area contributed by atoms with Gasteiger partial charge in [-0.3, -0.25) is 0 Å². The zero-order valence-corrected chi connectivity index (χ0v) is 13.0. The van der Waals surface area contributed by atoms with Crippen LogP contribution in [-0.2, 0) is 0 Å². The van der Waals surface area contributed by atoms with Gasteiger partial charge in [0, 0.05) is 6.04 Å². The molecule has 0 aliphatic carbocycles. The van der Waals surface area contributed by atoms with Crippen LogP contribution in [0.5, 0.6) is 5.75 Å². The van der Waals surface area contributed by atoms with E-state index in [2.05, 4.69) is 44.3 Å². The molecule has 0 bridgehead atoms. The van der Waals surface area contributed by atoms with Crippen LogP contribution in [0, 0.1) is 6.92 Å². The van der Waals surface area contributed by atoms with Crippen LogP contribution in [0.3, 0.4) is 0 Å². The van der Waals surface area contributed by atoms with Crippen molar-refractivity contribution >= 4 is 0 Å². The lowest BCUT2D eigenvalue weighted by atomic mass is 9.98. The first kappa shape index (κ1) is 16.0. The third kappa shape index (κ3) is 5.23. The average molecular weight is 263 g/mol. The molecule has 0 spiro atoms. The Balaban J connectivity index is 2.76. The predicted octanol–water partition coefficient (Wildman–Crippen LogP) is 4.62. The van der Waals surface area contributed by atoms with Gasteiger partial charge in [0.05, 0.1) is 7.11 Å². The molecule has 2 heteroatoms. The lowest BCUT2D eigenvalue weighted by Crippen LogP contribution is -2.22. The quantitative estimate of drug-likeness (QED) is 0.656. The maximum atomic E-state index is 5.44.